The molecule has 0 saturated heterocycles. The van der Waals surface area contributed by atoms with Crippen molar-refractivity contribution >= 4 is 33.9 Å². The predicted molar refractivity (Wildman–Crippen MR) is 81.0 cm³/mol. The molecule has 4 heteroatoms. The summed E-state index contributed by atoms with van der Waals surface area (Å²) in [6, 6.07) is 7.79. The summed E-state index contributed by atoms with van der Waals surface area (Å²) in [5.41, 5.74) is 9.39. The number of benzene rings is 1. The first-order valence-electron chi connectivity index (χ1n) is 6.05. The highest BCUT2D eigenvalue weighted by Crippen LogP contribution is 2.36. The maximum absolute atomic E-state index is 6.27. The Morgan fingerprint density at radius 2 is 2.05 bits per heavy atom. The number of thiophene rings is 1. The van der Waals surface area contributed by atoms with Crippen molar-refractivity contribution in [3.05, 3.63) is 56.4 Å². The lowest BCUT2D eigenvalue weighted by Gasteiger charge is -2.06. The Hall–Kier alpha value is -1.29. The normalized spacial score (nSPS) is 13.1. The minimum absolute atomic E-state index is 0.307. The van der Waals surface area contributed by atoms with Crippen molar-refractivity contribution in [3.63, 3.8) is 0 Å². The van der Waals surface area contributed by atoms with Crippen LogP contribution in [0.2, 0.25) is 5.02 Å². The smallest absolute Gasteiger partial charge is 0.134 e. The first-order valence-corrected chi connectivity index (χ1v) is 7.31. The summed E-state index contributed by atoms with van der Waals surface area (Å²) in [7, 11) is 0. The number of rotatable bonds is 2. The van der Waals surface area contributed by atoms with Gasteiger partial charge in [-0.2, -0.15) is 0 Å². The van der Waals surface area contributed by atoms with Crippen LogP contribution in [0.3, 0.4) is 0 Å². The maximum atomic E-state index is 6.27. The molecule has 2 heterocycles. The van der Waals surface area contributed by atoms with Crippen LogP contribution in [0, 0.1) is 13.8 Å². The summed E-state index contributed by atoms with van der Waals surface area (Å²) in [5.74, 6) is 0.754. The standard InChI is InChI=1S/C15H14ClNOS/c1-8-3-4-11-10(5-8)6-12(18-11)14(17)15-13(16)9(2)7-19-15/h3-7,14H,17H2,1-2H3. The van der Waals surface area contributed by atoms with E-state index in [2.05, 4.69) is 13.0 Å². The zero-order valence-electron chi connectivity index (χ0n) is 10.7. The molecule has 0 radical (unpaired) electrons. The molecule has 2 aromatic heterocycles. The summed E-state index contributed by atoms with van der Waals surface area (Å²) in [4.78, 5) is 0.954. The van der Waals surface area contributed by atoms with Crippen LogP contribution in [0.4, 0.5) is 0 Å². The molecule has 3 rings (SSSR count). The van der Waals surface area contributed by atoms with Gasteiger partial charge in [0.1, 0.15) is 11.3 Å². The van der Waals surface area contributed by atoms with Crippen molar-refractivity contribution in [2.75, 3.05) is 0 Å². The molecule has 0 amide bonds. The Morgan fingerprint density at radius 3 is 2.74 bits per heavy atom. The lowest BCUT2D eigenvalue weighted by molar-refractivity contribution is 0.528. The summed E-state index contributed by atoms with van der Waals surface area (Å²) >= 11 is 7.84. The van der Waals surface area contributed by atoms with Gasteiger partial charge in [0.05, 0.1) is 11.1 Å². The third kappa shape index (κ3) is 2.18. The molecule has 1 unspecified atom stereocenters. The van der Waals surface area contributed by atoms with Gasteiger partial charge in [-0.25, -0.2) is 0 Å². The summed E-state index contributed by atoms with van der Waals surface area (Å²) in [6.45, 7) is 4.04. The maximum Gasteiger partial charge on any atom is 0.134 e. The fourth-order valence-corrected chi connectivity index (χ4v) is 3.44. The molecule has 0 aliphatic heterocycles. The molecular formula is C15H14ClNOS. The molecule has 0 aliphatic carbocycles. The number of furan rings is 1. The highest BCUT2D eigenvalue weighted by molar-refractivity contribution is 7.10. The molecule has 2 N–H and O–H groups in total. The van der Waals surface area contributed by atoms with Gasteiger partial charge in [0, 0.05) is 10.3 Å². The highest BCUT2D eigenvalue weighted by atomic mass is 35.5. The first kappa shape index (κ1) is 12.7. The van der Waals surface area contributed by atoms with Crippen LogP contribution in [0.1, 0.15) is 27.8 Å². The van der Waals surface area contributed by atoms with Gasteiger partial charge in [-0.3, -0.25) is 0 Å². The van der Waals surface area contributed by atoms with E-state index in [-0.39, 0.29) is 6.04 Å². The van der Waals surface area contributed by atoms with E-state index in [0.29, 0.717) is 0 Å². The fourth-order valence-electron chi connectivity index (χ4n) is 2.13. The van der Waals surface area contributed by atoms with Crippen LogP contribution in [0.15, 0.2) is 34.1 Å². The van der Waals surface area contributed by atoms with E-state index in [4.69, 9.17) is 21.8 Å². The van der Waals surface area contributed by atoms with Crippen molar-refractivity contribution in [2.45, 2.75) is 19.9 Å². The third-order valence-electron chi connectivity index (χ3n) is 3.21. The predicted octanol–water partition coefficient (Wildman–Crippen LogP) is 4.81. The van der Waals surface area contributed by atoms with E-state index < -0.39 is 0 Å². The minimum Gasteiger partial charge on any atom is -0.459 e. The van der Waals surface area contributed by atoms with Gasteiger partial charge in [-0.1, -0.05) is 23.2 Å². The number of aryl methyl sites for hydroxylation is 2. The van der Waals surface area contributed by atoms with Crippen molar-refractivity contribution in [3.8, 4) is 0 Å². The van der Waals surface area contributed by atoms with Crippen LogP contribution < -0.4 is 5.73 Å². The SMILES string of the molecule is Cc1ccc2oc(C(N)c3scc(C)c3Cl)cc2c1. The quantitative estimate of drug-likeness (QED) is 0.736. The molecule has 98 valence electrons. The molecule has 3 aromatic rings. The summed E-state index contributed by atoms with van der Waals surface area (Å²) in [5, 5.41) is 3.84. The molecule has 0 saturated carbocycles. The molecule has 1 atom stereocenters. The van der Waals surface area contributed by atoms with E-state index in [1.165, 1.54) is 5.56 Å². The summed E-state index contributed by atoms with van der Waals surface area (Å²) < 4.78 is 5.83. The van der Waals surface area contributed by atoms with Gasteiger partial charge < -0.3 is 10.2 Å². The second-order valence-electron chi connectivity index (χ2n) is 4.76. The molecule has 0 spiro atoms. The molecule has 1 aromatic carbocycles. The molecular weight excluding hydrogens is 278 g/mol. The van der Waals surface area contributed by atoms with Gasteiger partial charge >= 0.3 is 0 Å². The lowest BCUT2D eigenvalue weighted by atomic mass is 10.1. The number of hydrogen-bond donors (Lipinski definition) is 1. The van der Waals surface area contributed by atoms with Crippen molar-refractivity contribution in [2.24, 2.45) is 5.73 Å². The Balaban J connectivity index is 2.06. The van der Waals surface area contributed by atoms with E-state index >= 15 is 0 Å². The average molecular weight is 292 g/mol. The average Bonchev–Trinajstić information content (AvgIpc) is 2.93. The summed E-state index contributed by atoms with van der Waals surface area (Å²) in [6.07, 6.45) is 0. The Bertz CT molecular complexity index is 744. The highest BCUT2D eigenvalue weighted by Gasteiger charge is 2.19. The van der Waals surface area contributed by atoms with Gasteiger partial charge in [0.2, 0.25) is 0 Å². The Morgan fingerprint density at radius 1 is 1.26 bits per heavy atom. The zero-order valence-corrected chi connectivity index (χ0v) is 12.3. The minimum atomic E-state index is -0.307. The molecule has 0 bridgehead atoms. The van der Waals surface area contributed by atoms with Crippen molar-refractivity contribution < 1.29 is 4.42 Å². The number of halogens is 1. The van der Waals surface area contributed by atoms with Gasteiger partial charge in [0.15, 0.2) is 0 Å². The van der Waals surface area contributed by atoms with Crippen molar-refractivity contribution in [1.29, 1.82) is 0 Å². The monoisotopic (exact) mass is 291 g/mol. The molecule has 0 fully saturated rings. The van der Waals surface area contributed by atoms with Gasteiger partial charge in [-0.05, 0) is 43.0 Å². The van der Waals surface area contributed by atoms with Gasteiger partial charge in [-0.15, -0.1) is 11.3 Å². The van der Waals surface area contributed by atoms with E-state index in [9.17, 15) is 0 Å². The van der Waals surface area contributed by atoms with Crippen molar-refractivity contribution in [1.82, 2.24) is 0 Å². The van der Waals surface area contributed by atoms with E-state index in [1.54, 1.807) is 11.3 Å². The largest absolute Gasteiger partial charge is 0.459 e. The second kappa shape index (κ2) is 4.67. The van der Waals surface area contributed by atoms with Crippen LogP contribution >= 0.6 is 22.9 Å². The van der Waals surface area contributed by atoms with E-state index in [1.807, 2.05) is 30.5 Å². The molecule has 19 heavy (non-hydrogen) atoms. The Labute approximate surface area is 120 Å². The molecule has 2 nitrogen and oxygen atoms in total. The zero-order chi connectivity index (χ0) is 13.6. The third-order valence-corrected chi connectivity index (χ3v) is 5.00. The number of hydrogen-bond acceptors (Lipinski definition) is 3. The second-order valence-corrected chi connectivity index (χ2v) is 6.05. The number of fused-ring (bicyclic) bond motifs is 1. The first-order chi connectivity index (χ1) is 9.06. The fraction of sp³-hybridized carbons (Fsp3) is 0.200. The van der Waals surface area contributed by atoms with Crippen LogP contribution in [-0.4, -0.2) is 0 Å². The van der Waals surface area contributed by atoms with E-state index in [0.717, 1.165) is 32.2 Å². The van der Waals surface area contributed by atoms with Crippen LogP contribution in [-0.2, 0) is 0 Å². The topological polar surface area (TPSA) is 39.2 Å². The van der Waals surface area contributed by atoms with Gasteiger partial charge in [0.25, 0.3) is 0 Å². The molecule has 0 aliphatic rings. The lowest BCUT2D eigenvalue weighted by Crippen LogP contribution is -2.09. The number of nitrogens with two attached hydrogens (primary N) is 1. The van der Waals surface area contributed by atoms with Crippen LogP contribution in [0.5, 0.6) is 0 Å². The Kier molecular flexibility index (Phi) is 3.13. The van der Waals surface area contributed by atoms with Crippen LogP contribution in [0.25, 0.3) is 11.0 Å².